The van der Waals surface area contributed by atoms with E-state index in [1.54, 1.807) is 0 Å². The average molecular weight is 286 g/mol. The topological polar surface area (TPSA) is 89.6 Å². The molecule has 1 rings (SSSR count). The van der Waals surface area contributed by atoms with Gasteiger partial charge in [0.05, 0.1) is 0 Å². The Labute approximate surface area is 87.7 Å². The van der Waals surface area contributed by atoms with Crippen LogP contribution < -0.4 is 9.32 Å². The molecule has 0 saturated carbocycles. The number of hydrogen-bond acceptors (Lipinski definition) is 4. The van der Waals surface area contributed by atoms with Gasteiger partial charge in [0.15, 0.2) is 17.3 Å². The van der Waals surface area contributed by atoms with Crippen molar-refractivity contribution in [2.24, 2.45) is 5.14 Å². The summed E-state index contributed by atoms with van der Waals surface area (Å²) in [5, 5.41) is 13.6. The molecule has 0 fully saturated rings. The van der Waals surface area contributed by atoms with Crippen molar-refractivity contribution in [1.29, 1.82) is 0 Å². The first kappa shape index (κ1) is 11.2. The van der Waals surface area contributed by atoms with Gasteiger partial charge in [0, 0.05) is 10.5 Å². The first-order chi connectivity index (χ1) is 6.29. The summed E-state index contributed by atoms with van der Waals surface area (Å²) >= 11 is 2.89. The van der Waals surface area contributed by atoms with Gasteiger partial charge in [0.25, 0.3) is 0 Å². The van der Waals surface area contributed by atoms with E-state index in [0.717, 1.165) is 12.1 Å². The summed E-state index contributed by atoms with van der Waals surface area (Å²) in [5.74, 6) is -2.50. The van der Waals surface area contributed by atoms with Crippen LogP contribution in [0.5, 0.6) is 11.5 Å². The van der Waals surface area contributed by atoms with Crippen molar-refractivity contribution in [1.82, 2.24) is 0 Å². The van der Waals surface area contributed by atoms with Crippen LogP contribution in [0.4, 0.5) is 4.39 Å². The molecule has 0 heterocycles. The van der Waals surface area contributed by atoms with Crippen LogP contribution in [-0.4, -0.2) is 13.5 Å². The van der Waals surface area contributed by atoms with Crippen molar-refractivity contribution in [2.45, 2.75) is 0 Å². The van der Waals surface area contributed by atoms with Crippen molar-refractivity contribution in [3.05, 3.63) is 22.4 Å². The molecule has 8 heteroatoms. The van der Waals surface area contributed by atoms with Crippen LogP contribution in [0.3, 0.4) is 0 Å². The van der Waals surface area contributed by atoms with E-state index in [2.05, 4.69) is 25.3 Å². The third kappa shape index (κ3) is 2.82. The average Bonchev–Trinajstić information content (AvgIpc) is 1.96. The van der Waals surface area contributed by atoms with Gasteiger partial charge in [0.1, 0.15) is 0 Å². The largest absolute Gasteiger partial charge is 0.502 e. The number of halogens is 2. The van der Waals surface area contributed by atoms with Gasteiger partial charge >= 0.3 is 10.3 Å². The molecular weight excluding hydrogens is 281 g/mol. The van der Waals surface area contributed by atoms with Crippen LogP contribution in [-0.2, 0) is 10.3 Å². The van der Waals surface area contributed by atoms with E-state index in [1.165, 1.54) is 0 Å². The van der Waals surface area contributed by atoms with Gasteiger partial charge in [-0.15, -0.1) is 0 Å². The number of phenols is 1. The molecule has 3 N–H and O–H groups in total. The number of rotatable bonds is 2. The van der Waals surface area contributed by atoms with Crippen molar-refractivity contribution in [2.75, 3.05) is 0 Å². The Balaban J connectivity index is 3.22. The van der Waals surface area contributed by atoms with E-state index in [4.69, 9.17) is 5.11 Å². The second kappa shape index (κ2) is 3.71. The molecule has 0 aromatic heterocycles. The maximum atomic E-state index is 12.8. The van der Waals surface area contributed by atoms with E-state index in [9.17, 15) is 12.8 Å². The molecule has 0 amide bonds. The van der Waals surface area contributed by atoms with Crippen molar-refractivity contribution < 1.29 is 22.1 Å². The van der Waals surface area contributed by atoms with Gasteiger partial charge in [-0.3, -0.25) is 0 Å². The van der Waals surface area contributed by atoms with Gasteiger partial charge in [-0.25, -0.2) is 4.39 Å². The molecule has 1 aromatic rings. The summed E-state index contributed by atoms with van der Waals surface area (Å²) in [4.78, 5) is 0. The van der Waals surface area contributed by atoms with Crippen molar-refractivity contribution in [3.8, 4) is 11.5 Å². The lowest BCUT2D eigenvalue weighted by atomic mass is 10.3. The van der Waals surface area contributed by atoms with E-state index in [1.807, 2.05) is 0 Å². The summed E-state index contributed by atoms with van der Waals surface area (Å²) < 4.78 is 38.1. The molecule has 0 aliphatic carbocycles. The fourth-order valence-corrected chi connectivity index (χ4v) is 1.52. The number of phenolic OH excluding ortho intramolecular Hbond substituents is 1. The Morgan fingerprint density at radius 1 is 1.50 bits per heavy atom. The minimum absolute atomic E-state index is 0.214. The van der Waals surface area contributed by atoms with Gasteiger partial charge < -0.3 is 9.29 Å². The molecule has 0 bridgehead atoms. The lowest BCUT2D eigenvalue weighted by Gasteiger charge is -2.05. The molecule has 1 aromatic carbocycles. The van der Waals surface area contributed by atoms with Crippen LogP contribution in [0.25, 0.3) is 0 Å². The van der Waals surface area contributed by atoms with E-state index in [-0.39, 0.29) is 4.47 Å². The third-order valence-corrected chi connectivity index (χ3v) is 2.07. The van der Waals surface area contributed by atoms with Crippen molar-refractivity contribution in [3.63, 3.8) is 0 Å². The van der Waals surface area contributed by atoms with E-state index in [0.29, 0.717) is 0 Å². The second-order valence-electron chi connectivity index (χ2n) is 2.31. The van der Waals surface area contributed by atoms with Crippen LogP contribution in [0.2, 0.25) is 0 Å². The maximum absolute atomic E-state index is 12.8. The quantitative estimate of drug-likeness (QED) is 0.844. The first-order valence-electron chi connectivity index (χ1n) is 3.20. The lowest BCUT2D eigenvalue weighted by Crippen LogP contribution is -2.19. The fourth-order valence-electron chi connectivity index (χ4n) is 0.731. The molecule has 0 spiro atoms. The van der Waals surface area contributed by atoms with Gasteiger partial charge in [-0.05, 0) is 6.07 Å². The molecule has 0 saturated heterocycles. The van der Waals surface area contributed by atoms with E-state index >= 15 is 0 Å². The van der Waals surface area contributed by atoms with Crippen LogP contribution in [0.1, 0.15) is 0 Å². The number of benzene rings is 1. The predicted octanol–water partition coefficient (Wildman–Crippen LogP) is 0.876. The standard InChI is InChI=1S/C6H5BrFNO4S/c7-3-1-4(8)6(10)5(2-3)13-14(9,11)12/h1-2,10H,(H2,9,11,12). The highest BCUT2D eigenvalue weighted by atomic mass is 79.9. The Morgan fingerprint density at radius 3 is 2.57 bits per heavy atom. The first-order valence-corrected chi connectivity index (χ1v) is 5.46. The zero-order valence-electron chi connectivity index (χ0n) is 6.57. The molecule has 0 aliphatic heterocycles. The Morgan fingerprint density at radius 2 is 2.07 bits per heavy atom. The van der Waals surface area contributed by atoms with Gasteiger partial charge in [-0.1, -0.05) is 15.9 Å². The maximum Gasteiger partial charge on any atom is 0.380 e. The zero-order valence-corrected chi connectivity index (χ0v) is 8.97. The summed E-state index contributed by atoms with van der Waals surface area (Å²) in [6.07, 6.45) is 0. The SMILES string of the molecule is NS(=O)(=O)Oc1cc(Br)cc(F)c1O. The lowest BCUT2D eigenvalue weighted by molar-refractivity contribution is 0.399. The second-order valence-corrected chi connectivity index (χ2v) is 4.38. The zero-order chi connectivity index (χ0) is 10.9. The normalized spacial score (nSPS) is 11.4. The molecule has 5 nitrogen and oxygen atoms in total. The van der Waals surface area contributed by atoms with Gasteiger partial charge in [0.2, 0.25) is 0 Å². The minimum Gasteiger partial charge on any atom is -0.502 e. The predicted molar refractivity (Wildman–Crippen MR) is 49.5 cm³/mol. The molecule has 0 aliphatic rings. The Kier molecular flexibility index (Phi) is 2.98. The van der Waals surface area contributed by atoms with Crippen LogP contribution in [0.15, 0.2) is 16.6 Å². The summed E-state index contributed by atoms with van der Waals surface area (Å²) in [6.45, 7) is 0. The number of aromatic hydroxyl groups is 1. The van der Waals surface area contributed by atoms with Gasteiger partial charge in [-0.2, -0.15) is 13.6 Å². The fraction of sp³-hybridized carbons (Fsp3) is 0. The molecule has 78 valence electrons. The van der Waals surface area contributed by atoms with Crippen LogP contribution in [0, 0.1) is 5.82 Å². The molecule has 0 atom stereocenters. The van der Waals surface area contributed by atoms with Crippen LogP contribution >= 0.6 is 15.9 Å². The highest BCUT2D eigenvalue weighted by molar-refractivity contribution is 9.10. The van der Waals surface area contributed by atoms with Crippen molar-refractivity contribution >= 4 is 26.2 Å². The molecule has 14 heavy (non-hydrogen) atoms. The minimum atomic E-state index is -4.28. The highest BCUT2D eigenvalue weighted by Gasteiger charge is 2.14. The Hall–Kier alpha value is -0.860. The number of nitrogens with two attached hydrogens (primary N) is 1. The number of hydrogen-bond donors (Lipinski definition) is 2. The molecule has 0 unspecified atom stereocenters. The summed E-state index contributed by atoms with van der Waals surface area (Å²) in [6, 6.07) is 2.02. The highest BCUT2D eigenvalue weighted by Crippen LogP contribution is 2.32. The third-order valence-electron chi connectivity index (χ3n) is 1.20. The monoisotopic (exact) mass is 285 g/mol. The molecule has 0 radical (unpaired) electrons. The summed E-state index contributed by atoms with van der Waals surface area (Å²) in [5.41, 5.74) is 0. The molecular formula is C6H5BrFNO4S. The Bertz CT molecular complexity index is 461. The summed E-state index contributed by atoms with van der Waals surface area (Å²) in [7, 11) is -4.28. The van der Waals surface area contributed by atoms with E-state index < -0.39 is 27.6 Å². The smallest absolute Gasteiger partial charge is 0.380 e.